The van der Waals surface area contributed by atoms with Gasteiger partial charge in [-0.3, -0.25) is 9.59 Å². The van der Waals surface area contributed by atoms with Crippen LogP contribution in [0.1, 0.15) is 55.6 Å². The number of amides is 2. The minimum Gasteiger partial charge on any atom is -0.489 e. The van der Waals surface area contributed by atoms with Crippen LogP contribution in [0.2, 0.25) is 0 Å². The Labute approximate surface area is 204 Å². The van der Waals surface area contributed by atoms with E-state index in [1.165, 1.54) is 18.2 Å². The number of rotatable bonds is 8. The fraction of sp³-hybridized carbons (Fsp3) is 0.370. The molecule has 0 aromatic heterocycles. The van der Waals surface area contributed by atoms with E-state index in [0.29, 0.717) is 17.2 Å². The minimum absolute atomic E-state index is 0.0574. The molecule has 1 aliphatic heterocycles. The van der Waals surface area contributed by atoms with Crippen LogP contribution in [-0.2, 0) is 16.2 Å². The van der Waals surface area contributed by atoms with Crippen LogP contribution in [0.4, 0.5) is 0 Å². The molecular formula is C27H29N3O3S. The number of nitriles is 1. The Bertz CT molecular complexity index is 1070. The molecule has 2 aromatic carbocycles. The van der Waals surface area contributed by atoms with E-state index in [2.05, 4.69) is 16.7 Å². The highest BCUT2D eigenvalue weighted by Crippen LogP contribution is 2.36. The summed E-state index contributed by atoms with van der Waals surface area (Å²) in [6.45, 7) is 0.471. The maximum absolute atomic E-state index is 12.4. The van der Waals surface area contributed by atoms with E-state index in [9.17, 15) is 14.9 Å². The maximum atomic E-state index is 12.4. The van der Waals surface area contributed by atoms with Gasteiger partial charge in [0.1, 0.15) is 12.4 Å². The van der Waals surface area contributed by atoms with Gasteiger partial charge in [-0.2, -0.15) is 5.26 Å². The first-order valence-corrected chi connectivity index (χ1v) is 12.7. The predicted molar refractivity (Wildman–Crippen MR) is 133 cm³/mol. The van der Waals surface area contributed by atoms with Gasteiger partial charge >= 0.3 is 0 Å². The molecule has 1 fully saturated rings. The SMILES string of the molecule is N#CC1=C(SCC(=O)NC2CCCCC2)NC(=O)C[C@@H]1c1ccc(OCc2ccccc2)cc1. The first-order valence-electron chi connectivity index (χ1n) is 11.8. The van der Waals surface area contributed by atoms with Gasteiger partial charge in [0.15, 0.2) is 0 Å². The van der Waals surface area contributed by atoms with Crippen LogP contribution >= 0.6 is 11.8 Å². The van der Waals surface area contributed by atoms with Crippen molar-refractivity contribution in [1.82, 2.24) is 10.6 Å². The van der Waals surface area contributed by atoms with Crippen molar-refractivity contribution in [1.29, 1.82) is 5.26 Å². The van der Waals surface area contributed by atoms with Crippen LogP contribution in [0.15, 0.2) is 65.2 Å². The van der Waals surface area contributed by atoms with Crippen LogP contribution in [-0.4, -0.2) is 23.6 Å². The van der Waals surface area contributed by atoms with E-state index in [-0.39, 0.29) is 35.9 Å². The van der Waals surface area contributed by atoms with Crippen LogP contribution in [0, 0.1) is 11.3 Å². The molecule has 6 nitrogen and oxygen atoms in total. The third-order valence-corrected chi connectivity index (χ3v) is 7.22. The largest absolute Gasteiger partial charge is 0.489 e. The number of nitrogens with zero attached hydrogens (tertiary/aromatic N) is 1. The number of hydrogen-bond donors (Lipinski definition) is 2. The first-order chi connectivity index (χ1) is 16.6. The highest BCUT2D eigenvalue weighted by atomic mass is 32.2. The average Bonchev–Trinajstić information content (AvgIpc) is 2.87. The summed E-state index contributed by atoms with van der Waals surface area (Å²) >= 11 is 1.23. The van der Waals surface area contributed by atoms with E-state index in [1.807, 2.05) is 54.6 Å². The summed E-state index contributed by atoms with van der Waals surface area (Å²) in [5, 5.41) is 16.2. The molecule has 34 heavy (non-hydrogen) atoms. The lowest BCUT2D eigenvalue weighted by molar-refractivity contribution is -0.121. The van der Waals surface area contributed by atoms with Crippen molar-refractivity contribution in [3.63, 3.8) is 0 Å². The summed E-state index contributed by atoms with van der Waals surface area (Å²) in [5.74, 6) is 0.354. The lowest BCUT2D eigenvalue weighted by atomic mass is 9.87. The molecule has 1 atom stereocenters. The van der Waals surface area contributed by atoms with E-state index in [4.69, 9.17) is 4.74 Å². The normalized spacial score (nSPS) is 18.7. The number of carbonyl (C=O) groups excluding carboxylic acids is 2. The quantitative estimate of drug-likeness (QED) is 0.573. The third-order valence-electron chi connectivity index (χ3n) is 6.20. The van der Waals surface area contributed by atoms with Crippen molar-refractivity contribution in [2.75, 3.05) is 5.75 Å². The molecule has 1 saturated carbocycles. The van der Waals surface area contributed by atoms with Crippen molar-refractivity contribution in [3.05, 3.63) is 76.3 Å². The Balaban J connectivity index is 1.40. The van der Waals surface area contributed by atoms with Crippen molar-refractivity contribution >= 4 is 23.6 Å². The van der Waals surface area contributed by atoms with Gasteiger partial charge in [-0.05, 0) is 36.1 Å². The molecule has 2 aliphatic rings. The third kappa shape index (κ3) is 6.42. The van der Waals surface area contributed by atoms with E-state index in [0.717, 1.165) is 42.6 Å². The van der Waals surface area contributed by atoms with Gasteiger partial charge in [-0.25, -0.2) is 0 Å². The molecular weight excluding hydrogens is 446 g/mol. The monoisotopic (exact) mass is 475 g/mol. The molecule has 4 rings (SSSR count). The van der Waals surface area contributed by atoms with E-state index < -0.39 is 0 Å². The molecule has 2 N–H and O–H groups in total. The number of thioether (sulfide) groups is 1. The zero-order valence-corrected chi connectivity index (χ0v) is 19.9. The lowest BCUT2D eigenvalue weighted by Gasteiger charge is -2.26. The van der Waals surface area contributed by atoms with Crippen molar-refractivity contribution in [2.45, 2.75) is 57.1 Å². The average molecular weight is 476 g/mol. The second kappa shape index (κ2) is 11.8. The van der Waals surface area contributed by atoms with Gasteiger partial charge in [-0.1, -0.05) is 73.5 Å². The smallest absolute Gasteiger partial charge is 0.230 e. The molecule has 0 bridgehead atoms. The zero-order chi connectivity index (χ0) is 23.8. The van der Waals surface area contributed by atoms with Gasteiger partial charge in [-0.15, -0.1) is 0 Å². The highest BCUT2D eigenvalue weighted by Gasteiger charge is 2.30. The second-order valence-electron chi connectivity index (χ2n) is 8.69. The Morgan fingerprint density at radius 3 is 2.53 bits per heavy atom. The van der Waals surface area contributed by atoms with Crippen LogP contribution in [0.3, 0.4) is 0 Å². The Morgan fingerprint density at radius 1 is 1.09 bits per heavy atom. The molecule has 176 valence electrons. The summed E-state index contributed by atoms with van der Waals surface area (Å²) in [6.07, 6.45) is 5.77. The number of allylic oxidation sites excluding steroid dienone is 1. The molecule has 0 saturated heterocycles. The minimum atomic E-state index is -0.342. The summed E-state index contributed by atoms with van der Waals surface area (Å²) in [6, 6.07) is 20.0. The standard InChI is InChI=1S/C27H29N3O3S/c28-16-24-23(20-11-13-22(14-12-20)33-17-19-7-3-1-4-8-19)15-25(31)30-27(24)34-18-26(32)29-21-9-5-2-6-10-21/h1,3-4,7-8,11-14,21,23H,2,5-6,9-10,15,17-18H2,(H,29,32)(H,30,31)/t23-/m1/s1. The highest BCUT2D eigenvalue weighted by molar-refractivity contribution is 8.03. The first kappa shape index (κ1) is 23.9. The number of ether oxygens (including phenoxy) is 1. The van der Waals surface area contributed by atoms with Crippen LogP contribution < -0.4 is 15.4 Å². The topological polar surface area (TPSA) is 91.2 Å². The fourth-order valence-corrected chi connectivity index (χ4v) is 5.30. The fourth-order valence-electron chi connectivity index (χ4n) is 4.41. The van der Waals surface area contributed by atoms with Gasteiger partial charge in [0.2, 0.25) is 11.8 Å². The molecule has 7 heteroatoms. The molecule has 2 amide bonds. The molecule has 0 unspecified atom stereocenters. The van der Waals surface area contributed by atoms with E-state index in [1.54, 1.807) is 0 Å². The molecule has 1 heterocycles. The maximum Gasteiger partial charge on any atom is 0.230 e. The number of benzene rings is 2. The van der Waals surface area contributed by atoms with Gasteiger partial charge in [0.25, 0.3) is 0 Å². The van der Waals surface area contributed by atoms with Crippen LogP contribution in [0.25, 0.3) is 0 Å². The number of nitrogens with one attached hydrogen (secondary N) is 2. The van der Waals surface area contributed by atoms with Gasteiger partial charge in [0, 0.05) is 18.4 Å². The van der Waals surface area contributed by atoms with Gasteiger partial charge < -0.3 is 15.4 Å². The van der Waals surface area contributed by atoms with Gasteiger partial charge in [0.05, 0.1) is 22.4 Å². The summed E-state index contributed by atoms with van der Waals surface area (Å²) in [5.41, 5.74) is 2.45. The lowest BCUT2D eigenvalue weighted by Crippen LogP contribution is -2.38. The molecule has 0 spiro atoms. The van der Waals surface area contributed by atoms with Crippen LogP contribution in [0.5, 0.6) is 5.75 Å². The van der Waals surface area contributed by atoms with Crippen molar-refractivity contribution < 1.29 is 14.3 Å². The van der Waals surface area contributed by atoms with Crippen molar-refractivity contribution in [3.8, 4) is 11.8 Å². The Kier molecular flexibility index (Phi) is 8.26. The zero-order valence-electron chi connectivity index (χ0n) is 19.1. The number of carbonyl (C=O) groups is 2. The summed E-state index contributed by atoms with van der Waals surface area (Å²) in [4.78, 5) is 24.8. The second-order valence-corrected chi connectivity index (χ2v) is 9.68. The molecule has 2 aromatic rings. The molecule has 0 radical (unpaired) electrons. The summed E-state index contributed by atoms with van der Waals surface area (Å²) < 4.78 is 5.85. The molecule has 1 aliphatic carbocycles. The number of hydrogen-bond acceptors (Lipinski definition) is 5. The van der Waals surface area contributed by atoms with Crippen molar-refractivity contribution in [2.24, 2.45) is 0 Å². The Morgan fingerprint density at radius 2 is 1.82 bits per heavy atom. The Hall–Kier alpha value is -3.24. The summed E-state index contributed by atoms with van der Waals surface area (Å²) in [7, 11) is 0. The predicted octanol–water partition coefficient (Wildman–Crippen LogP) is 4.79. The van der Waals surface area contributed by atoms with E-state index >= 15 is 0 Å².